The molecule has 138 valence electrons. The Bertz CT molecular complexity index is 1220. The zero-order valence-corrected chi connectivity index (χ0v) is 14.6. The molecule has 6 nitrogen and oxygen atoms in total. The van der Waals surface area contributed by atoms with E-state index in [0.717, 1.165) is 0 Å². The van der Waals surface area contributed by atoms with Crippen LogP contribution in [0.15, 0.2) is 66.7 Å². The van der Waals surface area contributed by atoms with Crippen LogP contribution in [0.5, 0.6) is 0 Å². The molecule has 0 radical (unpaired) electrons. The monoisotopic (exact) mass is 374 g/mol. The number of aromatic amines is 1. The Morgan fingerprint density at radius 2 is 1.75 bits per heavy atom. The summed E-state index contributed by atoms with van der Waals surface area (Å²) in [6, 6.07) is 17.0. The van der Waals surface area contributed by atoms with Crippen molar-refractivity contribution in [3.05, 3.63) is 89.2 Å². The molecule has 0 aliphatic rings. The predicted octanol–water partition coefficient (Wildman–Crippen LogP) is 3.77. The van der Waals surface area contributed by atoms with E-state index in [2.05, 4.69) is 15.3 Å². The third-order valence-corrected chi connectivity index (χ3v) is 4.26. The van der Waals surface area contributed by atoms with E-state index in [1.807, 2.05) is 0 Å². The van der Waals surface area contributed by atoms with E-state index in [1.54, 1.807) is 48.5 Å². The number of nitrogen functional groups attached to an aromatic ring is 1. The number of nitrogens with one attached hydrogen (secondary N) is 2. The molecule has 4 aromatic rings. The lowest BCUT2D eigenvalue weighted by Gasteiger charge is -2.10. The summed E-state index contributed by atoms with van der Waals surface area (Å²) in [4.78, 5) is 32.7. The number of anilines is 2. The first kappa shape index (κ1) is 17.4. The van der Waals surface area contributed by atoms with E-state index in [-0.39, 0.29) is 22.9 Å². The molecule has 0 saturated heterocycles. The van der Waals surface area contributed by atoms with Crippen molar-refractivity contribution < 1.29 is 14.0 Å². The van der Waals surface area contributed by atoms with Crippen molar-refractivity contribution >= 4 is 34.4 Å². The summed E-state index contributed by atoms with van der Waals surface area (Å²) in [5, 5.41) is 2.61. The minimum atomic E-state index is -0.499. The molecule has 1 heterocycles. The molecule has 4 N–H and O–H groups in total. The van der Waals surface area contributed by atoms with Gasteiger partial charge in [-0.05, 0) is 42.5 Å². The van der Waals surface area contributed by atoms with Gasteiger partial charge < -0.3 is 16.0 Å². The van der Waals surface area contributed by atoms with E-state index in [0.29, 0.717) is 22.3 Å². The van der Waals surface area contributed by atoms with Crippen LogP contribution < -0.4 is 11.1 Å². The summed E-state index contributed by atoms with van der Waals surface area (Å²) in [5.74, 6) is -1.02. The van der Waals surface area contributed by atoms with Crippen molar-refractivity contribution in [2.75, 3.05) is 11.1 Å². The van der Waals surface area contributed by atoms with Crippen LogP contribution in [-0.4, -0.2) is 21.7 Å². The number of nitrogens with two attached hydrogens (primary N) is 1. The fourth-order valence-corrected chi connectivity index (χ4v) is 2.97. The van der Waals surface area contributed by atoms with Gasteiger partial charge in [-0.3, -0.25) is 9.59 Å². The molecule has 28 heavy (non-hydrogen) atoms. The molecule has 0 aliphatic carbocycles. The number of rotatable bonds is 4. The molecule has 4 rings (SSSR count). The molecule has 0 spiro atoms. The van der Waals surface area contributed by atoms with Gasteiger partial charge in [0.15, 0.2) is 11.7 Å². The number of carbonyl (C=O) groups excluding carboxylic acids is 2. The van der Waals surface area contributed by atoms with Gasteiger partial charge in [0.25, 0.3) is 5.91 Å². The van der Waals surface area contributed by atoms with Gasteiger partial charge in [-0.15, -0.1) is 0 Å². The molecule has 0 bridgehead atoms. The Labute approximate surface area is 159 Å². The number of hydrogen-bond donors (Lipinski definition) is 3. The third kappa shape index (κ3) is 3.33. The molecular weight excluding hydrogens is 359 g/mol. The van der Waals surface area contributed by atoms with Crippen molar-refractivity contribution in [1.82, 2.24) is 9.97 Å². The van der Waals surface area contributed by atoms with E-state index in [9.17, 15) is 14.0 Å². The van der Waals surface area contributed by atoms with E-state index >= 15 is 0 Å². The highest BCUT2D eigenvalue weighted by atomic mass is 19.1. The van der Waals surface area contributed by atoms with Crippen molar-refractivity contribution in [2.45, 2.75) is 0 Å². The number of imidazole rings is 1. The number of amides is 1. The number of carbonyl (C=O) groups is 2. The van der Waals surface area contributed by atoms with Crippen LogP contribution >= 0.6 is 0 Å². The fraction of sp³-hybridized carbons (Fsp3) is 0. The van der Waals surface area contributed by atoms with Crippen LogP contribution in [0.3, 0.4) is 0 Å². The molecular formula is C21H15FN4O2. The van der Waals surface area contributed by atoms with Crippen molar-refractivity contribution in [3.8, 4) is 0 Å². The molecule has 1 aromatic heterocycles. The predicted molar refractivity (Wildman–Crippen MR) is 105 cm³/mol. The van der Waals surface area contributed by atoms with Crippen molar-refractivity contribution in [1.29, 1.82) is 0 Å². The van der Waals surface area contributed by atoms with Crippen LogP contribution in [0.25, 0.3) is 11.0 Å². The number of H-pyrrole nitrogens is 1. The second kappa shape index (κ2) is 6.96. The average Bonchev–Trinajstić information content (AvgIpc) is 3.06. The van der Waals surface area contributed by atoms with E-state index in [4.69, 9.17) is 5.73 Å². The zero-order valence-electron chi connectivity index (χ0n) is 14.6. The number of fused-ring (bicyclic) bond motifs is 1. The molecule has 3 aromatic carbocycles. The van der Waals surface area contributed by atoms with Gasteiger partial charge in [-0.1, -0.05) is 24.3 Å². The SMILES string of the molecule is Nc1nc2ccc(C(=O)c3ccccc3C(=O)Nc3cccc(F)c3)cc2[nH]1. The Kier molecular flexibility index (Phi) is 4.33. The number of aromatic nitrogens is 2. The first-order chi connectivity index (χ1) is 13.5. The largest absolute Gasteiger partial charge is 0.369 e. The van der Waals surface area contributed by atoms with Gasteiger partial charge in [-0.25, -0.2) is 9.37 Å². The second-order valence-electron chi connectivity index (χ2n) is 6.19. The summed E-state index contributed by atoms with van der Waals surface area (Å²) >= 11 is 0. The highest BCUT2D eigenvalue weighted by Crippen LogP contribution is 2.20. The molecule has 0 saturated carbocycles. The maximum atomic E-state index is 13.4. The van der Waals surface area contributed by atoms with Crippen molar-refractivity contribution in [2.24, 2.45) is 0 Å². The summed E-state index contributed by atoms with van der Waals surface area (Å²) in [5.41, 5.74) is 8.05. The zero-order chi connectivity index (χ0) is 19.7. The maximum Gasteiger partial charge on any atom is 0.256 e. The molecule has 1 amide bonds. The number of ketones is 1. The smallest absolute Gasteiger partial charge is 0.256 e. The summed E-state index contributed by atoms with van der Waals surface area (Å²) < 4.78 is 13.4. The highest BCUT2D eigenvalue weighted by molar-refractivity contribution is 6.18. The maximum absolute atomic E-state index is 13.4. The lowest BCUT2D eigenvalue weighted by Crippen LogP contribution is -2.17. The Morgan fingerprint density at radius 1 is 0.964 bits per heavy atom. The lowest BCUT2D eigenvalue weighted by molar-refractivity contribution is 0.0996. The molecule has 0 atom stereocenters. The fourth-order valence-electron chi connectivity index (χ4n) is 2.97. The van der Waals surface area contributed by atoms with E-state index in [1.165, 1.54) is 18.2 Å². The minimum absolute atomic E-state index is 0.195. The second-order valence-corrected chi connectivity index (χ2v) is 6.19. The highest BCUT2D eigenvalue weighted by Gasteiger charge is 2.19. The number of nitrogens with zero attached hydrogens (tertiary/aromatic N) is 1. The Hall–Kier alpha value is -4.00. The third-order valence-electron chi connectivity index (χ3n) is 4.26. The summed E-state index contributed by atoms with van der Waals surface area (Å²) in [7, 11) is 0. The molecule has 7 heteroatoms. The number of hydrogen-bond acceptors (Lipinski definition) is 4. The van der Waals surface area contributed by atoms with Gasteiger partial charge in [0, 0.05) is 16.8 Å². The quantitative estimate of drug-likeness (QED) is 0.473. The van der Waals surface area contributed by atoms with Crippen LogP contribution in [0.4, 0.5) is 16.0 Å². The summed E-state index contributed by atoms with van der Waals surface area (Å²) in [6.07, 6.45) is 0. The Balaban J connectivity index is 1.67. The minimum Gasteiger partial charge on any atom is -0.369 e. The number of benzene rings is 3. The van der Waals surface area contributed by atoms with Gasteiger partial charge >= 0.3 is 0 Å². The first-order valence-corrected chi connectivity index (χ1v) is 8.47. The van der Waals surface area contributed by atoms with Gasteiger partial charge in [0.05, 0.1) is 16.6 Å². The Morgan fingerprint density at radius 3 is 2.54 bits per heavy atom. The average molecular weight is 374 g/mol. The molecule has 0 aliphatic heterocycles. The lowest BCUT2D eigenvalue weighted by atomic mass is 9.97. The standard InChI is InChI=1S/C21H15FN4O2/c22-13-4-3-5-14(11-13)24-20(28)16-7-2-1-6-15(16)19(27)12-8-9-17-18(10-12)26-21(23)25-17/h1-11H,(H,24,28)(H3,23,25,26). The normalized spacial score (nSPS) is 10.8. The topological polar surface area (TPSA) is 101 Å². The van der Waals surface area contributed by atoms with Crippen molar-refractivity contribution in [3.63, 3.8) is 0 Å². The van der Waals surface area contributed by atoms with Crippen LogP contribution in [0, 0.1) is 5.82 Å². The summed E-state index contributed by atoms with van der Waals surface area (Å²) in [6.45, 7) is 0. The van der Waals surface area contributed by atoms with Crippen LogP contribution in [0.1, 0.15) is 26.3 Å². The molecule has 0 unspecified atom stereocenters. The van der Waals surface area contributed by atoms with E-state index < -0.39 is 11.7 Å². The van der Waals surface area contributed by atoms with Gasteiger partial charge in [0.2, 0.25) is 0 Å². The first-order valence-electron chi connectivity index (χ1n) is 8.47. The number of halogens is 1. The molecule has 0 fully saturated rings. The van der Waals surface area contributed by atoms with Crippen LogP contribution in [0.2, 0.25) is 0 Å². The van der Waals surface area contributed by atoms with Gasteiger partial charge in [0.1, 0.15) is 5.82 Å². The van der Waals surface area contributed by atoms with Gasteiger partial charge in [-0.2, -0.15) is 0 Å². The van der Waals surface area contributed by atoms with Crippen LogP contribution in [-0.2, 0) is 0 Å².